The number of aromatic carboxylic acids is 1. The van der Waals surface area contributed by atoms with E-state index in [1.165, 1.54) is 6.92 Å². The number of nitrogens with one attached hydrogen (secondary N) is 2. The summed E-state index contributed by atoms with van der Waals surface area (Å²) in [4.78, 5) is 18.7. The van der Waals surface area contributed by atoms with E-state index in [0.29, 0.717) is 36.2 Å². The van der Waals surface area contributed by atoms with Crippen molar-refractivity contribution in [2.24, 2.45) is 0 Å². The minimum Gasteiger partial charge on any atom is -0.483 e. The standard InChI is InChI=1S/C17H8F9N3O3.C8H14N3O3S2/c18-15(19,20)6-32-11-3-7(1-2-9(11)16(21,22)23)10-4-12(17(24,25)26)29-13(28-10)8(5-27-29)14(30)31;1-5-6(15-7(9)10-5)16(13,14)11-8(2,3)4-12/h1-5H,6H2,(H,30,31);11-12H,4H2,1-3H3,(H-,9,10)/q;-1. The summed E-state index contributed by atoms with van der Waals surface area (Å²) in [5.41, 5.74) is 0.868. The van der Waals surface area contributed by atoms with E-state index < -0.39 is 86.1 Å². The predicted octanol–water partition coefficient (Wildman–Crippen LogP) is 6.26. The molecule has 0 amide bonds. The molecule has 0 atom stereocenters. The SMILES string of the molecule is Cc1nc([NH-])sc1S(=O)(=O)NC(C)(C)CO.O=C(O)c1cnn2c(C(F)(F)F)cc(-c3ccc(C(F)(F)F)c(OCC(F)(F)F)c3)nc12. The number of thiazole rings is 1. The number of alkyl halides is 9. The summed E-state index contributed by atoms with van der Waals surface area (Å²) < 4.78 is 148. The number of fused-ring (bicyclic) bond motifs is 1. The fraction of sp³-hybridized carbons (Fsp3) is 0.360. The molecule has 264 valence electrons. The van der Waals surface area contributed by atoms with Crippen LogP contribution in [0.25, 0.3) is 22.6 Å². The van der Waals surface area contributed by atoms with Gasteiger partial charge in [0.15, 0.2) is 17.9 Å². The van der Waals surface area contributed by atoms with Gasteiger partial charge in [-0.3, -0.25) is 0 Å². The zero-order valence-electron chi connectivity index (χ0n) is 24.3. The quantitative estimate of drug-likeness (QED) is 0.176. The Balaban J connectivity index is 0.000000328. The number of aliphatic hydroxyl groups is 1. The molecule has 0 bridgehead atoms. The van der Waals surface area contributed by atoms with E-state index in [9.17, 15) is 52.7 Å². The number of benzene rings is 1. The molecule has 0 aliphatic carbocycles. The Kier molecular flexibility index (Phi) is 10.6. The first-order valence-electron chi connectivity index (χ1n) is 12.7. The van der Waals surface area contributed by atoms with Gasteiger partial charge in [0.25, 0.3) is 10.0 Å². The van der Waals surface area contributed by atoms with Gasteiger partial charge in [-0.2, -0.15) is 44.6 Å². The second-order valence-corrected chi connectivity index (χ2v) is 13.2. The molecule has 3 aromatic heterocycles. The first-order chi connectivity index (χ1) is 21.8. The smallest absolute Gasteiger partial charge is 0.433 e. The largest absolute Gasteiger partial charge is 0.483 e. The summed E-state index contributed by atoms with van der Waals surface area (Å²) in [6, 6.07) is 1.78. The Bertz CT molecular complexity index is 1920. The Hall–Kier alpha value is -4.22. The maximum absolute atomic E-state index is 13.4. The van der Waals surface area contributed by atoms with E-state index >= 15 is 0 Å². The first-order valence-corrected chi connectivity index (χ1v) is 15.0. The number of aromatic nitrogens is 4. The summed E-state index contributed by atoms with van der Waals surface area (Å²) in [5.74, 6) is -2.98. The van der Waals surface area contributed by atoms with Crippen LogP contribution in [-0.2, 0) is 22.4 Å². The number of halogens is 9. The van der Waals surface area contributed by atoms with Gasteiger partial charge in [0.05, 0.1) is 29.6 Å². The van der Waals surface area contributed by atoms with Crippen molar-refractivity contribution >= 4 is 38.1 Å². The number of carbonyl (C=O) groups is 1. The van der Waals surface area contributed by atoms with Crippen LogP contribution in [0, 0.1) is 6.92 Å². The van der Waals surface area contributed by atoms with Gasteiger partial charge < -0.3 is 25.7 Å². The third-order valence-electron chi connectivity index (χ3n) is 5.77. The lowest BCUT2D eigenvalue weighted by molar-refractivity contribution is -0.158. The molecule has 0 aliphatic heterocycles. The van der Waals surface area contributed by atoms with Crippen molar-refractivity contribution in [2.45, 2.75) is 49.0 Å². The minimum atomic E-state index is -5.13. The minimum absolute atomic E-state index is 0.0269. The number of hydrogen-bond acceptors (Lipinski definition) is 9. The number of aryl methyl sites for hydroxylation is 1. The second-order valence-electron chi connectivity index (χ2n) is 10.3. The third-order valence-corrected chi connectivity index (χ3v) is 9.05. The summed E-state index contributed by atoms with van der Waals surface area (Å²) in [6.07, 6.45) is -14.6. The summed E-state index contributed by atoms with van der Waals surface area (Å²) in [5, 5.41) is 21.4. The van der Waals surface area contributed by atoms with Crippen LogP contribution >= 0.6 is 11.3 Å². The van der Waals surface area contributed by atoms with Crippen molar-refractivity contribution in [1.29, 1.82) is 0 Å². The molecule has 0 spiro atoms. The van der Waals surface area contributed by atoms with Gasteiger partial charge in [0.2, 0.25) is 0 Å². The molecular formula is C25H22F9N6O6S2-. The number of carboxylic acids is 1. The topological polar surface area (TPSA) is 180 Å². The van der Waals surface area contributed by atoms with E-state index in [1.54, 1.807) is 13.8 Å². The van der Waals surface area contributed by atoms with Crippen LogP contribution in [0.5, 0.6) is 5.75 Å². The van der Waals surface area contributed by atoms with E-state index in [4.69, 9.17) is 15.9 Å². The fourth-order valence-electron chi connectivity index (χ4n) is 3.73. The van der Waals surface area contributed by atoms with Crippen LogP contribution in [0.15, 0.2) is 34.7 Å². The van der Waals surface area contributed by atoms with Crippen LogP contribution in [0.4, 0.5) is 44.6 Å². The lowest BCUT2D eigenvalue weighted by Gasteiger charge is -2.22. The fourth-order valence-corrected chi connectivity index (χ4v) is 6.40. The van der Waals surface area contributed by atoms with Crippen molar-refractivity contribution < 1.29 is 67.7 Å². The lowest BCUT2D eigenvalue weighted by atomic mass is 10.1. The number of hydrogen-bond donors (Lipinski definition) is 3. The normalized spacial score (nSPS) is 12.9. The Morgan fingerprint density at radius 2 is 1.67 bits per heavy atom. The third kappa shape index (κ3) is 9.23. The number of ether oxygens (including phenoxy) is 1. The monoisotopic (exact) mass is 737 g/mol. The summed E-state index contributed by atoms with van der Waals surface area (Å²) in [6.45, 7) is 2.28. The Labute approximate surface area is 268 Å². The predicted molar refractivity (Wildman–Crippen MR) is 149 cm³/mol. The Morgan fingerprint density at radius 1 is 1.04 bits per heavy atom. The van der Waals surface area contributed by atoms with Crippen molar-refractivity contribution in [3.63, 3.8) is 0 Å². The van der Waals surface area contributed by atoms with Gasteiger partial charge in [-0.1, -0.05) is 6.07 Å². The highest BCUT2D eigenvalue weighted by molar-refractivity contribution is 7.91. The van der Waals surface area contributed by atoms with Crippen molar-refractivity contribution in [2.75, 3.05) is 13.2 Å². The highest BCUT2D eigenvalue weighted by Crippen LogP contribution is 2.40. The molecule has 0 aliphatic rings. The van der Waals surface area contributed by atoms with E-state index in [-0.39, 0.29) is 20.5 Å². The molecule has 0 saturated carbocycles. The molecule has 4 aromatic rings. The van der Waals surface area contributed by atoms with Gasteiger partial charge in [0, 0.05) is 5.56 Å². The zero-order valence-corrected chi connectivity index (χ0v) is 26.0. The van der Waals surface area contributed by atoms with Gasteiger partial charge in [0.1, 0.15) is 15.5 Å². The van der Waals surface area contributed by atoms with Gasteiger partial charge in [-0.05, 0) is 49.8 Å². The first kappa shape index (κ1) is 38.2. The molecular weight excluding hydrogens is 715 g/mol. The van der Waals surface area contributed by atoms with Crippen LogP contribution < -0.4 is 9.46 Å². The van der Waals surface area contributed by atoms with Crippen LogP contribution in [0.3, 0.4) is 0 Å². The molecule has 3 heterocycles. The maximum Gasteiger partial charge on any atom is 0.433 e. The molecule has 4 rings (SSSR count). The number of sulfonamides is 1. The van der Waals surface area contributed by atoms with E-state index in [1.807, 2.05) is 0 Å². The second kappa shape index (κ2) is 13.4. The number of carboxylic acid groups (broad SMARTS) is 1. The molecule has 1 aromatic carbocycles. The average molecular weight is 738 g/mol. The molecule has 12 nitrogen and oxygen atoms in total. The Morgan fingerprint density at radius 3 is 2.15 bits per heavy atom. The number of rotatable bonds is 8. The van der Waals surface area contributed by atoms with Crippen LogP contribution in [0.2, 0.25) is 0 Å². The van der Waals surface area contributed by atoms with Gasteiger partial charge in [-0.25, -0.2) is 27.4 Å². The van der Waals surface area contributed by atoms with Crippen LogP contribution in [0.1, 0.15) is 41.2 Å². The van der Waals surface area contributed by atoms with Gasteiger partial charge >= 0.3 is 24.5 Å². The van der Waals surface area contributed by atoms with E-state index in [0.717, 1.165) is 11.3 Å². The van der Waals surface area contributed by atoms with E-state index in [2.05, 4.69) is 24.5 Å². The molecule has 0 radical (unpaired) electrons. The summed E-state index contributed by atoms with van der Waals surface area (Å²) in [7, 11) is -3.71. The van der Waals surface area contributed by atoms with Crippen molar-refractivity contribution in [3.8, 4) is 17.0 Å². The molecule has 4 N–H and O–H groups in total. The number of nitrogens with zero attached hydrogens (tertiary/aromatic N) is 4. The zero-order chi connectivity index (χ0) is 36.6. The average Bonchev–Trinajstić information content (AvgIpc) is 3.52. The van der Waals surface area contributed by atoms with Crippen LogP contribution in [-0.4, -0.2) is 69.1 Å². The molecule has 0 unspecified atom stereocenters. The maximum atomic E-state index is 13.4. The summed E-state index contributed by atoms with van der Waals surface area (Å²) >= 11 is 0.796. The highest BCUT2D eigenvalue weighted by atomic mass is 32.2. The molecule has 23 heteroatoms. The molecule has 48 heavy (non-hydrogen) atoms. The van der Waals surface area contributed by atoms with Gasteiger partial charge in [-0.15, -0.1) is 11.3 Å². The van der Waals surface area contributed by atoms with Crippen molar-refractivity contribution in [3.05, 3.63) is 58.7 Å². The highest BCUT2D eigenvalue weighted by Gasteiger charge is 2.38. The van der Waals surface area contributed by atoms with Crippen molar-refractivity contribution in [1.82, 2.24) is 24.3 Å². The number of aliphatic hydroxyl groups excluding tert-OH is 1. The molecule has 0 fully saturated rings. The molecule has 0 saturated heterocycles. The lowest BCUT2D eigenvalue weighted by Crippen LogP contribution is -2.46.